The first-order valence-corrected chi connectivity index (χ1v) is 13.5. The van der Waals surface area contributed by atoms with E-state index in [1.54, 1.807) is 53.9 Å². The van der Waals surface area contributed by atoms with Gasteiger partial charge in [-0.05, 0) is 54.7 Å². The van der Waals surface area contributed by atoms with Crippen LogP contribution >= 0.6 is 23.2 Å². The van der Waals surface area contributed by atoms with Crippen molar-refractivity contribution in [2.24, 2.45) is 16.7 Å². The van der Waals surface area contributed by atoms with Gasteiger partial charge in [-0.2, -0.15) is 0 Å². The van der Waals surface area contributed by atoms with Crippen LogP contribution in [0.5, 0.6) is 5.75 Å². The summed E-state index contributed by atoms with van der Waals surface area (Å²) in [7, 11) is 3.30. The zero-order chi connectivity index (χ0) is 28.0. The smallest absolute Gasteiger partial charge is 0.311 e. The highest BCUT2D eigenvalue weighted by Crippen LogP contribution is 2.54. The van der Waals surface area contributed by atoms with Crippen LogP contribution in [-0.4, -0.2) is 67.3 Å². The molecule has 7 nitrogen and oxygen atoms in total. The summed E-state index contributed by atoms with van der Waals surface area (Å²) in [6, 6.07) is 7.07. The van der Waals surface area contributed by atoms with E-state index in [9.17, 15) is 19.2 Å². The molecule has 9 heteroatoms. The Kier molecular flexibility index (Phi) is 10.8. The fraction of sp³-hybridized carbons (Fsp3) is 0.571. The Hall–Kier alpha value is -2.38. The predicted molar refractivity (Wildman–Crippen MR) is 147 cm³/mol. The van der Waals surface area contributed by atoms with E-state index in [1.807, 2.05) is 17.0 Å². The molecule has 0 N–H and O–H groups in total. The molecule has 1 aromatic rings. The second kappa shape index (κ2) is 12.9. The van der Waals surface area contributed by atoms with Gasteiger partial charge in [0, 0.05) is 62.4 Å². The lowest BCUT2D eigenvalue weighted by atomic mass is 9.51. The van der Waals surface area contributed by atoms with E-state index in [1.165, 1.54) is 11.0 Å². The minimum Gasteiger partial charge on any atom is -0.427 e. The van der Waals surface area contributed by atoms with Gasteiger partial charge in [-0.25, -0.2) is 0 Å². The molecule has 37 heavy (non-hydrogen) atoms. The number of hydrogen-bond donors (Lipinski definition) is 0. The van der Waals surface area contributed by atoms with Gasteiger partial charge in [-0.1, -0.05) is 20.8 Å². The Bertz CT molecular complexity index is 1030. The molecule has 1 aromatic carbocycles. The second-order valence-electron chi connectivity index (χ2n) is 10.4. The first kappa shape index (κ1) is 30.8. The van der Waals surface area contributed by atoms with E-state index in [2.05, 4.69) is 0 Å². The topological polar surface area (TPSA) is 84.0 Å². The standard InChI is InChI=1S/C28H38Cl2N2O5/c1-19-17-23(33)28(20(2)26(19)36,12-11-24(34)31(5)6)27(3,4)18-25(35)37-22-9-7-21(8-10-22)32(15-13-29)16-14-30/h7-10,17,20H,11-16,18H2,1-6H3. The van der Waals surface area contributed by atoms with E-state index in [-0.39, 0.29) is 36.7 Å². The maximum absolute atomic E-state index is 13.5. The third kappa shape index (κ3) is 6.94. The summed E-state index contributed by atoms with van der Waals surface area (Å²) in [5.41, 5.74) is -0.879. The highest BCUT2D eigenvalue weighted by Gasteiger charge is 2.57. The van der Waals surface area contributed by atoms with Gasteiger partial charge in [0.05, 0.1) is 6.42 Å². The number of alkyl halides is 2. The quantitative estimate of drug-likeness (QED) is 0.209. The van der Waals surface area contributed by atoms with Crippen molar-refractivity contribution >= 4 is 52.3 Å². The zero-order valence-corrected chi connectivity index (χ0v) is 24.1. The van der Waals surface area contributed by atoms with Gasteiger partial charge in [-0.15, -0.1) is 23.2 Å². The average molecular weight is 554 g/mol. The molecule has 0 spiro atoms. The average Bonchev–Trinajstić information content (AvgIpc) is 2.82. The molecule has 1 amide bonds. The maximum atomic E-state index is 13.5. The number of esters is 1. The number of allylic oxidation sites excluding steroid dienone is 2. The molecule has 1 aliphatic rings. The number of ether oxygens (including phenoxy) is 1. The van der Waals surface area contributed by atoms with Crippen molar-refractivity contribution in [3.8, 4) is 5.75 Å². The van der Waals surface area contributed by atoms with Crippen LogP contribution in [0, 0.1) is 16.7 Å². The molecule has 0 saturated carbocycles. The van der Waals surface area contributed by atoms with Crippen LogP contribution in [0.25, 0.3) is 0 Å². The third-order valence-electron chi connectivity index (χ3n) is 7.48. The number of halogens is 2. The molecule has 0 saturated heterocycles. The third-order valence-corrected chi connectivity index (χ3v) is 7.81. The van der Waals surface area contributed by atoms with Crippen LogP contribution in [0.1, 0.15) is 47.0 Å². The van der Waals surface area contributed by atoms with Gasteiger partial charge >= 0.3 is 5.97 Å². The summed E-state index contributed by atoms with van der Waals surface area (Å²) >= 11 is 11.8. The van der Waals surface area contributed by atoms with Crippen LogP contribution in [0.3, 0.4) is 0 Å². The van der Waals surface area contributed by atoms with Crippen LogP contribution in [-0.2, 0) is 19.2 Å². The molecule has 2 unspecified atom stereocenters. The lowest BCUT2D eigenvalue weighted by Gasteiger charge is -2.50. The van der Waals surface area contributed by atoms with E-state index >= 15 is 0 Å². The monoisotopic (exact) mass is 552 g/mol. The molecule has 0 aromatic heterocycles. The fourth-order valence-electron chi connectivity index (χ4n) is 5.29. The fourth-order valence-corrected chi connectivity index (χ4v) is 5.69. The molecule has 2 atom stereocenters. The number of Topliss-reactive ketones (excluding diaryl/α,β-unsaturated/α-hetero) is 1. The number of anilines is 1. The van der Waals surface area contributed by atoms with Gasteiger partial charge in [0.15, 0.2) is 11.6 Å². The molecule has 0 heterocycles. The Labute approximate surface area is 230 Å². The summed E-state index contributed by atoms with van der Waals surface area (Å²) in [4.78, 5) is 55.6. The zero-order valence-electron chi connectivity index (χ0n) is 22.6. The first-order valence-electron chi connectivity index (χ1n) is 12.5. The molecular formula is C28H38Cl2N2O5. The maximum Gasteiger partial charge on any atom is 0.311 e. The summed E-state index contributed by atoms with van der Waals surface area (Å²) in [6.45, 7) is 8.21. The number of carbonyl (C=O) groups is 4. The Balaban J connectivity index is 2.28. The molecule has 2 rings (SSSR count). The Morgan fingerprint density at radius 3 is 2.14 bits per heavy atom. The van der Waals surface area contributed by atoms with Crippen LogP contribution in [0.2, 0.25) is 0 Å². The number of ketones is 2. The van der Waals surface area contributed by atoms with Crippen molar-refractivity contribution in [3.63, 3.8) is 0 Å². The Morgan fingerprint density at radius 2 is 1.62 bits per heavy atom. The van der Waals surface area contributed by atoms with Gasteiger partial charge in [0.25, 0.3) is 0 Å². The van der Waals surface area contributed by atoms with Gasteiger partial charge in [0.1, 0.15) is 5.75 Å². The molecule has 204 valence electrons. The van der Waals surface area contributed by atoms with Gasteiger partial charge < -0.3 is 14.5 Å². The minimum atomic E-state index is -1.22. The van der Waals surface area contributed by atoms with Crippen molar-refractivity contribution in [1.82, 2.24) is 4.90 Å². The van der Waals surface area contributed by atoms with Crippen molar-refractivity contribution in [1.29, 1.82) is 0 Å². The summed E-state index contributed by atoms with van der Waals surface area (Å²) in [5, 5.41) is 0. The molecule has 0 fully saturated rings. The number of nitrogens with zero attached hydrogens (tertiary/aromatic N) is 2. The number of amides is 1. The molecule has 0 radical (unpaired) electrons. The Morgan fingerprint density at radius 1 is 1.05 bits per heavy atom. The second-order valence-corrected chi connectivity index (χ2v) is 11.2. The summed E-state index contributed by atoms with van der Waals surface area (Å²) in [6.07, 6.45) is 1.50. The predicted octanol–water partition coefficient (Wildman–Crippen LogP) is 4.88. The molecule has 1 aliphatic carbocycles. The van der Waals surface area contributed by atoms with E-state index < -0.39 is 22.7 Å². The number of hydrogen-bond acceptors (Lipinski definition) is 6. The molecular weight excluding hydrogens is 515 g/mol. The van der Waals surface area contributed by atoms with E-state index in [0.717, 1.165) is 5.69 Å². The summed E-state index contributed by atoms with van der Waals surface area (Å²) in [5.74, 6) is -0.443. The van der Waals surface area contributed by atoms with Crippen molar-refractivity contribution in [2.45, 2.75) is 47.0 Å². The van der Waals surface area contributed by atoms with Crippen molar-refractivity contribution in [3.05, 3.63) is 35.9 Å². The van der Waals surface area contributed by atoms with E-state index in [4.69, 9.17) is 27.9 Å². The van der Waals surface area contributed by atoms with Crippen molar-refractivity contribution < 1.29 is 23.9 Å². The SMILES string of the molecule is CC1=CC(=O)C(CCC(=O)N(C)C)(C(C)(C)CC(=O)Oc2ccc(N(CCCl)CCCl)cc2)C(C)C1=O. The first-order chi connectivity index (χ1) is 17.3. The summed E-state index contributed by atoms with van der Waals surface area (Å²) < 4.78 is 5.63. The lowest BCUT2D eigenvalue weighted by molar-refractivity contribution is -0.153. The highest BCUT2D eigenvalue weighted by molar-refractivity contribution is 6.18. The largest absolute Gasteiger partial charge is 0.427 e. The van der Waals surface area contributed by atoms with Gasteiger partial charge in [-0.3, -0.25) is 19.2 Å². The highest BCUT2D eigenvalue weighted by atomic mass is 35.5. The molecule has 0 aliphatic heterocycles. The van der Waals surface area contributed by atoms with E-state index in [0.29, 0.717) is 36.2 Å². The van der Waals surface area contributed by atoms with Crippen LogP contribution in [0.15, 0.2) is 35.9 Å². The van der Waals surface area contributed by atoms with Crippen LogP contribution < -0.4 is 9.64 Å². The number of rotatable bonds is 12. The lowest BCUT2D eigenvalue weighted by Crippen LogP contribution is -2.54. The van der Waals surface area contributed by atoms with Gasteiger partial charge in [0.2, 0.25) is 5.91 Å². The normalized spacial score (nSPS) is 19.9. The molecule has 0 bridgehead atoms. The number of carbonyl (C=O) groups excluding carboxylic acids is 4. The number of benzene rings is 1. The minimum absolute atomic E-state index is 0.0876. The van der Waals surface area contributed by atoms with Crippen molar-refractivity contribution in [2.75, 3.05) is 43.8 Å². The van der Waals surface area contributed by atoms with Crippen LogP contribution in [0.4, 0.5) is 5.69 Å².